The van der Waals surface area contributed by atoms with Crippen LogP contribution < -0.4 is 5.32 Å². The first-order chi connectivity index (χ1) is 10.1. The Labute approximate surface area is 136 Å². The molecule has 0 unspecified atom stereocenters. The lowest BCUT2D eigenvalue weighted by Crippen LogP contribution is -2.28. The molecule has 0 saturated carbocycles. The zero-order chi connectivity index (χ0) is 16.5. The molecule has 1 aromatic rings. The van der Waals surface area contributed by atoms with Crippen molar-refractivity contribution in [1.29, 1.82) is 0 Å². The molecular formula is C15H24N2O3S2. The number of sulfone groups is 1. The van der Waals surface area contributed by atoms with Crippen LogP contribution in [0.1, 0.15) is 57.3 Å². The number of hydrogen-bond acceptors (Lipinski definition) is 5. The van der Waals surface area contributed by atoms with Crippen LogP contribution in [0.15, 0.2) is 5.38 Å². The third kappa shape index (κ3) is 4.52. The highest BCUT2D eigenvalue weighted by Gasteiger charge is 2.30. The number of hydrogen-bond donors (Lipinski definition) is 1. The maximum absolute atomic E-state index is 12.1. The number of carbonyl (C=O) groups is 1. The first-order valence-electron chi connectivity index (χ1n) is 7.52. The van der Waals surface area contributed by atoms with Gasteiger partial charge in [-0.2, -0.15) is 0 Å². The van der Waals surface area contributed by atoms with Crippen LogP contribution in [-0.4, -0.2) is 30.8 Å². The van der Waals surface area contributed by atoms with Crippen molar-refractivity contribution in [3.8, 4) is 0 Å². The van der Waals surface area contributed by atoms with Crippen molar-refractivity contribution in [2.75, 3.05) is 11.5 Å². The van der Waals surface area contributed by atoms with Gasteiger partial charge >= 0.3 is 0 Å². The van der Waals surface area contributed by atoms with Gasteiger partial charge in [0.15, 0.2) is 9.84 Å². The molecule has 22 heavy (non-hydrogen) atoms. The van der Waals surface area contributed by atoms with Gasteiger partial charge in [-0.3, -0.25) is 4.79 Å². The molecule has 0 aliphatic carbocycles. The second-order valence-corrected chi connectivity index (χ2v) is 10.2. The molecule has 5 nitrogen and oxygen atoms in total. The monoisotopic (exact) mass is 344 g/mol. The molecule has 1 amide bonds. The van der Waals surface area contributed by atoms with Crippen molar-refractivity contribution in [2.45, 2.75) is 52.0 Å². The summed E-state index contributed by atoms with van der Waals surface area (Å²) in [5.41, 5.74) is 1.02. The molecule has 0 bridgehead atoms. The summed E-state index contributed by atoms with van der Waals surface area (Å²) in [5, 5.41) is 5.85. The fourth-order valence-electron chi connectivity index (χ4n) is 2.49. The van der Waals surface area contributed by atoms with Gasteiger partial charge in [-0.1, -0.05) is 20.8 Å². The molecule has 0 aromatic carbocycles. The lowest BCUT2D eigenvalue weighted by molar-refractivity contribution is -0.122. The van der Waals surface area contributed by atoms with Crippen molar-refractivity contribution in [3.63, 3.8) is 0 Å². The molecule has 2 rings (SSSR count). The summed E-state index contributed by atoms with van der Waals surface area (Å²) in [6, 6.07) is -0.147. The quantitative estimate of drug-likeness (QED) is 0.910. The average molecular weight is 345 g/mol. The van der Waals surface area contributed by atoms with E-state index in [1.807, 2.05) is 12.3 Å². The fraction of sp³-hybridized carbons (Fsp3) is 0.733. The van der Waals surface area contributed by atoms with Gasteiger partial charge in [-0.15, -0.1) is 11.3 Å². The highest BCUT2D eigenvalue weighted by molar-refractivity contribution is 7.91. The number of amides is 1. The number of carbonyl (C=O) groups excluding carboxylic acids is 1. The van der Waals surface area contributed by atoms with Crippen molar-refractivity contribution in [1.82, 2.24) is 10.3 Å². The molecule has 1 aliphatic rings. The molecule has 1 saturated heterocycles. The summed E-state index contributed by atoms with van der Waals surface area (Å²) in [6.07, 6.45) is 0.872. The molecule has 1 fully saturated rings. The number of thiazole rings is 1. The fourth-order valence-corrected chi connectivity index (χ4v) is 5.40. The van der Waals surface area contributed by atoms with Crippen molar-refractivity contribution >= 4 is 27.1 Å². The largest absolute Gasteiger partial charge is 0.347 e. The predicted octanol–water partition coefficient (Wildman–Crippen LogP) is 2.44. The average Bonchev–Trinajstić information content (AvgIpc) is 2.95. The van der Waals surface area contributed by atoms with Gasteiger partial charge in [0.05, 0.1) is 23.2 Å². The Kier molecular flexibility index (Phi) is 4.96. The summed E-state index contributed by atoms with van der Waals surface area (Å²) in [4.78, 5) is 16.7. The topological polar surface area (TPSA) is 76.1 Å². The summed E-state index contributed by atoms with van der Waals surface area (Å²) in [7, 11) is -2.93. The molecule has 1 aromatic heterocycles. The second kappa shape index (κ2) is 6.28. The zero-order valence-corrected chi connectivity index (χ0v) is 15.2. The van der Waals surface area contributed by atoms with Gasteiger partial charge in [0.25, 0.3) is 0 Å². The van der Waals surface area contributed by atoms with Gasteiger partial charge in [0, 0.05) is 17.2 Å². The van der Waals surface area contributed by atoms with E-state index < -0.39 is 9.84 Å². The van der Waals surface area contributed by atoms with E-state index in [4.69, 9.17) is 0 Å². The van der Waals surface area contributed by atoms with E-state index >= 15 is 0 Å². The van der Waals surface area contributed by atoms with Crippen molar-refractivity contribution in [3.05, 3.63) is 16.1 Å². The molecule has 2 heterocycles. The highest BCUT2D eigenvalue weighted by Crippen LogP contribution is 2.27. The Morgan fingerprint density at radius 2 is 2.18 bits per heavy atom. The number of rotatable bonds is 4. The minimum absolute atomic E-state index is 0.00329. The Bertz CT molecular complexity index is 644. The Hall–Kier alpha value is -0.950. The maximum atomic E-state index is 12.1. The summed E-state index contributed by atoms with van der Waals surface area (Å²) >= 11 is 1.55. The molecular weight excluding hydrogens is 320 g/mol. The van der Waals surface area contributed by atoms with Crippen LogP contribution in [0, 0.1) is 5.92 Å². The van der Waals surface area contributed by atoms with Crippen LogP contribution in [0.5, 0.6) is 0 Å². The molecule has 2 atom stereocenters. The third-order valence-electron chi connectivity index (χ3n) is 3.84. The van der Waals surface area contributed by atoms with E-state index in [0.717, 1.165) is 10.7 Å². The van der Waals surface area contributed by atoms with E-state index in [2.05, 4.69) is 31.1 Å². The van der Waals surface area contributed by atoms with Crippen LogP contribution >= 0.6 is 11.3 Å². The van der Waals surface area contributed by atoms with E-state index in [1.165, 1.54) is 0 Å². The SMILES string of the molecule is C[C@@H](NC(=O)C[C@@H]1CCS(=O)(=O)C1)c1nc(C(C)(C)C)cs1. The third-order valence-corrected chi connectivity index (χ3v) is 6.70. The van der Waals surface area contributed by atoms with E-state index in [9.17, 15) is 13.2 Å². The molecule has 1 aliphatic heterocycles. The lowest BCUT2D eigenvalue weighted by atomic mass is 9.93. The van der Waals surface area contributed by atoms with Gasteiger partial charge in [-0.25, -0.2) is 13.4 Å². The number of aromatic nitrogens is 1. The number of nitrogens with one attached hydrogen (secondary N) is 1. The minimum Gasteiger partial charge on any atom is -0.347 e. The molecule has 0 spiro atoms. The van der Waals surface area contributed by atoms with Crippen molar-refractivity contribution in [2.24, 2.45) is 5.92 Å². The van der Waals surface area contributed by atoms with Gasteiger partial charge in [-0.05, 0) is 19.3 Å². The van der Waals surface area contributed by atoms with E-state index in [1.54, 1.807) is 11.3 Å². The van der Waals surface area contributed by atoms with Crippen LogP contribution in [0.25, 0.3) is 0 Å². The smallest absolute Gasteiger partial charge is 0.220 e. The lowest BCUT2D eigenvalue weighted by Gasteiger charge is -2.16. The summed E-state index contributed by atoms with van der Waals surface area (Å²) < 4.78 is 22.8. The summed E-state index contributed by atoms with van der Waals surface area (Å²) in [6.45, 7) is 8.23. The molecule has 124 valence electrons. The predicted molar refractivity (Wildman–Crippen MR) is 88.7 cm³/mol. The van der Waals surface area contributed by atoms with Crippen LogP contribution in [0.2, 0.25) is 0 Å². The van der Waals surface area contributed by atoms with E-state index in [0.29, 0.717) is 6.42 Å². The highest BCUT2D eigenvalue weighted by atomic mass is 32.2. The number of nitrogens with zero attached hydrogens (tertiary/aromatic N) is 1. The zero-order valence-electron chi connectivity index (χ0n) is 13.5. The van der Waals surface area contributed by atoms with Crippen LogP contribution in [-0.2, 0) is 20.0 Å². The Morgan fingerprint density at radius 1 is 1.50 bits per heavy atom. The van der Waals surface area contributed by atoms with Crippen LogP contribution in [0.3, 0.4) is 0 Å². The molecule has 1 N–H and O–H groups in total. The van der Waals surface area contributed by atoms with Crippen LogP contribution in [0.4, 0.5) is 0 Å². The molecule has 7 heteroatoms. The normalized spacial score (nSPS) is 22.5. The Balaban J connectivity index is 1.90. The van der Waals surface area contributed by atoms with Gasteiger partial charge in [0.1, 0.15) is 5.01 Å². The van der Waals surface area contributed by atoms with Gasteiger partial charge < -0.3 is 5.32 Å². The first kappa shape index (κ1) is 17.4. The minimum atomic E-state index is -2.93. The standard InChI is InChI=1S/C15H24N2O3S2/c1-10(14-17-12(8-21-14)15(2,3)4)16-13(18)7-11-5-6-22(19,20)9-11/h8,10-11H,5-7,9H2,1-4H3,(H,16,18)/t10-,11+/m1/s1. The first-order valence-corrected chi connectivity index (χ1v) is 10.2. The van der Waals surface area contributed by atoms with Gasteiger partial charge in [0.2, 0.25) is 5.91 Å². The maximum Gasteiger partial charge on any atom is 0.220 e. The molecule has 0 radical (unpaired) electrons. The summed E-state index contributed by atoms with van der Waals surface area (Å²) in [5.74, 6) is 0.211. The second-order valence-electron chi connectivity index (χ2n) is 7.08. The van der Waals surface area contributed by atoms with Crippen molar-refractivity contribution < 1.29 is 13.2 Å². The Morgan fingerprint density at radius 3 is 2.68 bits per heavy atom. The van der Waals surface area contributed by atoms with E-state index in [-0.39, 0.29) is 41.2 Å².